The molecule has 0 spiro atoms. The number of likely N-dealkylation sites (N-methyl/N-ethyl adjacent to an activating group) is 1. The van der Waals surface area contributed by atoms with E-state index in [-0.39, 0.29) is 36.4 Å². The van der Waals surface area contributed by atoms with Crippen LogP contribution in [-0.4, -0.2) is 67.3 Å². The highest BCUT2D eigenvalue weighted by atomic mass is 127. The summed E-state index contributed by atoms with van der Waals surface area (Å²) in [6.07, 6.45) is 5.73. The highest BCUT2D eigenvalue weighted by molar-refractivity contribution is 14.0. The Morgan fingerprint density at radius 2 is 2.00 bits per heavy atom. The molecule has 1 aliphatic rings. The number of thioether (sulfide) groups is 2. The van der Waals surface area contributed by atoms with Gasteiger partial charge in [0.25, 0.3) is 0 Å². The van der Waals surface area contributed by atoms with E-state index in [1.807, 2.05) is 29.6 Å². The fourth-order valence-electron chi connectivity index (χ4n) is 2.77. The van der Waals surface area contributed by atoms with Gasteiger partial charge in [0, 0.05) is 42.6 Å². The maximum absolute atomic E-state index is 11.9. The van der Waals surface area contributed by atoms with E-state index in [9.17, 15) is 4.79 Å². The first-order valence-electron chi connectivity index (χ1n) is 9.04. The van der Waals surface area contributed by atoms with Gasteiger partial charge in [0.05, 0.1) is 0 Å². The molecular formula is C19H31IN4OS2. The third-order valence-corrected chi connectivity index (χ3v) is 6.44. The monoisotopic (exact) mass is 522 g/mol. The van der Waals surface area contributed by atoms with Crippen molar-refractivity contribution < 1.29 is 4.79 Å². The topological polar surface area (TPSA) is 56.7 Å². The van der Waals surface area contributed by atoms with Crippen molar-refractivity contribution in [1.29, 1.82) is 0 Å². The molecule has 1 aliphatic carbocycles. The summed E-state index contributed by atoms with van der Waals surface area (Å²) in [5.74, 6) is 1.71. The Hall–Kier alpha value is -0.610. The van der Waals surface area contributed by atoms with E-state index >= 15 is 0 Å². The first-order chi connectivity index (χ1) is 12.6. The lowest BCUT2D eigenvalue weighted by Gasteiger charge is -2.18. The van der Waals surface area contributed by atoms with Crippen LogP contribution in [0.4, 0.5) is 0 Å². The Morgan fingerprint density at radius 1 is 1.26 bits per heavy atom. The van der Waals surface area contributed by atoms with E-state index in [0.717, 1.165) is 36.3 Å². The van der Waals surface area contributed by atoms with Gasteiger partial charge >= 0.3 is 0 Å². The highest BCUT2D eigenvalue weighted by Crippen LogP contribution is 2.28. The van der Waals surface area contributed by atoms with E-state index in [4.69, 9.17) is 0 Å². The summed E-state index contributed by atoms with van der Waals surface area (Å²) < 4.78 is 0. The molecule has 0 saturated heterocycles. The minimum absolute atomic E-state index is 0. The van der Waals surface area contributed by atoms with Crippen molar-refractivity contribution >= 4 is 59.4 Å². The SMILES string of the molecule is CSC1CCC(NC(=NCC(=O)N(C)C)NCCSc2ccccc2)C1.I. The fraction of sp³-hybridized carbons (Fsp3) is 0.579. The molecule has 0 radical (unpaired) electrons. The van der Waals surface area contributed by atoms with Crippen molar-refractivity contribution in [3.8, 4) is 0 Å². The van der Waals surface area contributed by atoms with Gasteiger partial charge in [0.2, 0.25) is 5.91 Å². The summed E-state index contributed by atoms with van der Waals surface area (Å²) in [6, 6.07) is 10.8. The third-order valence-electron chi connectivity index (χ3n) is 4.34. The maximum atomic E-state index is 11.9. The van der Waals surface area contributed by atoms with Crippen molar-refractivity contribution in [2.45, 2.75) is 35.4 Å². The number of nitrogens with one attached hydrogen (secondary N) is 2. The zero-order chi connectivity index (χ0) is 18.8. The lowest BCUT2D eigenvalue weighted by Crippen LogP contribution is -2.44. The van der Waals surface area contributed by atoms with Crippen LogP contribution >= 0.6 is 47.5 Å². The predicted octanol–water partition coefficient (Wildman–Crippen LogP) is 3.30. The van der Waals surface area contributed by atoms with E-state index in [1.54, 1.807) is 19.0 Å². The van der Waals surface area contributed by atoms with Crippen molar-refractivity contribution in [3.05, 3.63) is 30.3 Å². The molecule has 0 heterocycles. The first kappa shape index (κ1) is 24.4. The highest BCUT2D eigenvalue weighted by Gasteiger charge is 2.24. The number of amides is 1. The zero-order valence-electron chi connectivity index (χ0n) is 16.3. The van der Waals surface area contributed by atoms with E-state index < -0.39 is 0 Å². The van der Waals surface area contributed by atoms with Crippen LogP contribution in [0.15, 0.2) is 40.2 Å². The molecule has 8 heteroatoms. The van der Waals surface area contributed by atoms with Crippen molar-refractivity contribution in [2.75, 3.05) is 39.2 Å². The fourth-order valence-corrected chi connectivity index (χ4v) is 4.36. The molecule has 1 amide bonds. The lowest BCUT2D eigenvalue weighted by molar-refractivity contribution is -0.127. The Labute approximate surface area is 188 Å². The molecule has 5 nitrogen and oxygen atoms in total. The zero-order valence-corrected chi connectivity index (χ0v) is 20.3. The van der Waals surface area contributed by atoms with Crippen molar-refractivity contribution in [1.82, 2.24) is 15.5 Å². The van der Waals surface area contributed by atoms with Gasteiger partial charge in [-0.3, -0.25) is 4.79 Å². The molecule has 1 fully saturated rings. The first-order valence-corrected chi connectivity index (χ1v) is 11.3. The Bertz CT molecular complexity index is 586. The summed E-state index contributed by atoms with van der Waals surface area (Å²) >= 11 is 3.75. The molecule has 152 valence electrons. The predicted molar refractivity (Wildman–Crippen MR) is 130 cm³/mol. The summed E-state index contributed by atoms with van der Waals surface area (Å²) in [5.41, 5.74) is 0. The summed E-state index contributed by atoms with van der Waals surface area (Å²) in [5, 5.41) is 7.63. The lowest BCUT2D eigenvalue weighted by atomic mass is 10.2. The number of rotatable bonds is 8. The number of benzene rings is 1. The van der Waals surface area contributed by atoms with E-state index in [0.29, 0.717) is 6.04 Å². The Balaban J connectivity index is 0.00000364. The van der Waals surface area contributed by atoms with Gasteiger partial charge in [-0.25, -0.2) is 4.99 Å². The van der Waals surface area contributed by atoms with Crippen LogP contribution in [0.1, 0.15) is 19.3 Å². The molecule has 1 aromatic rings. The quantitative estimate of drug-likeness (QED) is 0.181. The summed E-state index contributed by atoms with van der Waals surface area (Å²) in [4.78, 5) is 19.2. The average molecular weight is 523 g/mol. The number of halogens is 1. The van der Waals surface area contributed by atoms with Crippen molar-refractivity contribution in [2.24, 2.45) is 4.99 Å². The second-order valence-corrected chi connectivity index (χ2v) is 8.86. The maximum Gasteiger partial charge on any atom is 0.243 e. The van der Waals surface area contributed by atoms with E-state index in [2.05, 4.69) is 46.1 Å². The number of aliphatic imine (C=N–C) groups is 1. The summed E-state index contributed by atoms with van der Waals surface area (Å²) in [6.45, 7) is 0.979. The standard InChI is InChI=1S/C19H30N4OS2.HI/c1-23(2)18(24)14-21-19(22-15-9-10-17(13-15)25-3)20-11-12-26-16-7-5-4-6-8-16;/h4-8,15,17H,9-14H2,1-3H3,(H2,20,21,22);1H. The van der Waals surface area contributed by atoms with Gasteiger partial charge in [-0.05, 0) is 37.7 Å². The molecular weight excluding hydrogens is 491 g/mol. The molecule has 1 saturated carbocycles. The van der Waals surface area contributed by atoms with Gasteiger partial charge in [0.15, 0.2) is 5.96 Å². The van der Waals surface area contributed by atoms with Gasteiger partial charge in [-0.15, -0.1) is 35.7 Å². The van der Waals surface area contributed by atoms with Crippen LogP contribution in [0.3, 0.4) is 0 Å². The smallest absolute Gasteiger partial charge is 0.243 e. The van der Waals surface area contributed by atoms with Crippen LogP contribution in [0.25, 0.3) is 0 Å². The molecule has 2 unspecified atom stereocenters. The normalized spacial score (nSPS) is 19.3. The number of carbonyl (C=O) groups excluding carboxylic acids is 1. The second kappa shape index (κ2) is 13.5. The van der Waals surface area contributed by atoms with E-state index in [1.165, 1.54) is 11.3 Å². The number of hydrogen-bond acceptors (Lipinski definition) is 4. The Morgan fingerprint density at radius 3 is 2.63 bits per heavy atom. The number of guanidine groups is 1. The molecule has 1 aromatic carbocycles. The number of carbonyl (C=O) groups is 1. The Kier molecular flexibility index (Phi) is 12.3. The van der Waals surface area contributed by atoms with Gasteiger partial charge in [0.1, 0.15) is 6.54 Å². The molecule has 0 aliphatic heterocycles. The van der Waals surface area contributed by atoms with Crippen molar-refractivity contribution in [3.63, 3.8) is 0 Å². The molecule has 0 aromatic heterocycles. The molecule has 2 atom stereocenters. The van der Waals surface area contributed by atoms with Crippen LogP contribution in [0.5, 0.6) is 0 Å². The minimum atomic E-state index is 0. The summed E-state index contributed by atoms with van der Waals surface area (Å²) in [7, 11) is 3.52. The molecule has 0 bridgehead atoms. The van der Waals surface area contributed by atoms with Gasteiger partial charge < -0.3 is 15.5 Å². The third kappa shape index (κ3) is 9.43. The van der Waals surface area contributed by atoms with Crippen LogP contribution in [0, 0.1) is 0 Å². The van der Waals surface area contributed by atoms with Crippen LogP contribution in [-0.2, 0) is 4.79 Å². The number of hydrogen-bond donors (Lipinski definition) is 2. The van der Waals surface area contributed by atoms with Crippen LogP contribution < -0.4 is 10.6 Å². The minimum Gasteiger partial charge on any atom is -0.356 e. The van der Waals surface area contributed by atoms with Gasteiger partial charge in [-0.2, -0.15) is 11.8 Å². The molecule has 27 heavy (non-hydrogen) atoms. The molecule has 2 N–H and O–H groups in total. The average Bonchev–Trinajstić information content (AvgIpc) is 3.11. The van der Waals surface area contributed by atoms with Crippen LogP contribution in [0.2, 0.25) is 0 Å². The molecule has 2 rings (SSSR count). The second-order valence-electron chi connectivity index (χ2n) is 6.55. The largest absolute Gasteiger partial charge is 0.356 e. The van der Waals surface area contributed by atoms with Gasteiger partial charge in [-0.1, -0.05) is 18.2 Å². The number of nitrogens with zero attached hydrogens (tertiary/aromatic N) is 2.